The Morgan fingerprint density at radius 2 is 2.23 bits per heavy atom. The number of hydrazone groups is 1. The Balaban J connectivity index is 1.38. The van der Waals surface area contributed by atoms with Crippen LogP contribution in [0.2, 0.25) is 0 Å². The van der Waals surface area contributed by atoms with Crippen molar-refractivity contribution in [2.75, 3.05) is 19.6 Å². The molecule has 0 spiro atoms. The van der Waals surface area contributed by atoms with E-state index in [9.17, 15) is 4.39 Å². The topological polar surface area (TPSA) is 57.8 Å². The highest BCUT2D eigenvalue weighted by Crippen LogP contribution is 2.42. The number of fused-ring (bicyclic) bond motifs is 2. The molecule has 0 aromatic carbocycles. The van der Waals surface area contributed by atoms with Crippen LogP contribution < -0.4 is 5.32 Å². The molecule has 1 unspecified atom stereocenters. The van der Waals surface area contributed by atoms with Crippen LogP contribution in [0.25, 0.3) is 10.6 Å². The number of halogens is 1. The van der Waals surface area contributed by atoms with Gasteiger partial charge in [0.1, 0.15) is 11.2 Å². The minimum absolute atomic E-state index is 0.0996. The van der Waals surface area contributed by atoms with Gasteiger partial charge in [0.05, 0.1) is 23.6 Å². The fourth-order valence-electron chi connectivity index (χ4n) is 3.93. The van der Waals surface area contributed by atoms with Crippen molar-refractivity contribution in [3.8, 4) is 0 Å². The Kier molecular flexibility index (Phi) is 3.79. The summed E-state index contributed by atoms with van der Waals surface area (Å²) in [5.41, 5.74) is 3.93. The molecule has 2 aromatic heterocycles. The molecule has 0 amide bonds. The normalized spacial score (nSPS) is 28.4. The van der Waals surface area contributed by atoms with E-state index in [4.69, 9.17) is 10.2 Å². The molecule has 136 valence electrons. The summed E-state index contributed by atoms with van der Waals surface area (Å²) in [5, 5.41) is 15.6. The molecule has 26 heavy (non-hydrogen) atoms. The van der Waals surface area contributed by atoms with Crippen molar-refractivity contribution >= 4 is 27.4 Å². The number of hydrogen-bond acceptors (Lipinski definition) is 6. The second-order valence-corrected chi connectivity index (χ2v) is 8.30. The molecule has 6 nitrogen and oxygen atoms in total. The molecule has 0 aliphatic carbocycles. The van der Waals surface area contributed by atoms with Crippen LogP contribution in [0.1, 0.15) is 23.4 Å². The van der Waals surface area contributed by atoms with Crippen LogP contribution >= 0.6 is 11.8 Å². The molecule has 3 atom stereocenters. The average Bonchev–Trinajstić information content (AvgIpc) is 3.27. The number of nitrogens with one attached hydrogen (secondary N) is 1. The van der Waals surface area contributed by atoms with Gasteiger partial charge >= 0.3 is 0 Å². The molecule has 2 aromatic rings. The third-order valence-electron chi connectivity index (χ3n) is 5.23. The lowest BCUT2D eigenvalue weighted by Crippen LogP contribution is -2.49. The van der Waals surface area contributed by atoms with E-state index < -0.39 is 6.17 Å². The highest BCUT2D eigenvalue weighted by Gasteiger charge is 2.38. The fourth-order valence-corrected chi connectivity index (χ4v) is 5.03. The third-order valence-corrected chi connectivity index (χ3v) is 6.39. The van der Waals surface area contributed by atoms with E-state index in [0.717, 1.165) is 52.1 Å². The summed E-state index contributed by atoms with van der Waals surface area (Å²) in [6, 6.07) is 1.99. The van der Waals surface area contributed by atoms with Gasteiger partial charge in [-0.1, -0.05) is 17.8 Å². The number of nitrogens with zero attached hydrogens (tertiary/aromatic N) is 5. The molecule has 0 bridgehead atoms. The van der Waals surface area contributed by atoms with E-state index in [-0.39, 0.29) is 12.0 Å². The average molecular weight is 372 g/mol. The van der Waals surface area contributed by atoms with Gasteiger partial charge in [0.2, 0.25) is 0 Å². The van der Waals surface area contributed by atoms with Crippen LogP contribution in [-0.4, -0.2) is 56.5 Å². The van der Waals surface area contributed by atoms with E-state index in [1.807, 2.05) is 22.6 Å². The molecule has 1 fully saturated rings. The van der Waals surface area contributed by atoms with Crippen LogP contribution in [0, 0.1) is 19.8 Å². The van der Waals surface area contributed by atoms with Gasteiger partial charge in [0.25, 0.3) is 0 Å². The number of hydrogen-bond donors (Lipinski definition) is 1. The van der Waals surface area contributed by atoms with Gasteiger partial charge in [-0.3, -0.25) is 5.01 Å². The molecule has 3 aliphatic heterocycles. The van der Waals surface area contributed by atoms with E-state index in [1.54, 1.807) is 11.8 Å². The van der Waals surface area contributed by atoms with Gasteiger partial charge in [0.15, 0.2) is 5.65 Å². The van der Waals surface area contributed by atoms with Crippen LogP contribution in [0.5, 0.6) is 0 Å². The van der Waals surface area contributed by atoms with Crippen molar-refractivity contribution < 1.29 is 4.39 Å². The minimum atomic E-state index is -0.850. The number of piperidine rings is 1. The monoisotopic (exact) mass is 372 g/mol. The van der Waals surface area contributed by atoms with Crippen molar-refractivity contribution in [3.63, 3.8) is 0 Å². The van der Waals surface area contributed by atoms with E-state index in [2.05, 4.69) is 29.4 Å². The Morgan fingerprint density at radius 3 is 3.04 bits per heavy atom. The zero-order valence-corrected chi connectivity index (χ0v) is 15.6. The predicted octanol–water partition coefficient (Wildman–Crippen LogP) is 2.38. The molecule has 1 N–H and O–H groups in total. The Hall–Kier alpha value is -1.93. The quantitative estimate of drug-likeness (QED) is 0.877. The predicted molar refractivity (Wildman–Crippen MR) is 102 cm³/mol. The van der Waals surface area contributed by atoms with Crippen molar-refractivity contribution in [2.45, 2.75) is 32.5 Å². The van der Waals surface area contributed by atoms with Gasteiger partial charge < -0.3 is 5.32 Å². The highest BCUT2D eigenvalue weighted by atomic mass is 32.2. The summed E-state index contributed by atoms with van der Waals surface area (Å²) in [6.07, 6.45) is 4.14. The Bertz CT molecular complexity index is 935. The lowest BCUT2D eigenvalue weighted by molar-refractivity contribution is 0.0930. The first-order valence-corrected chi connectivity index (χ1v) is 9.84. The number of aromatic nitrogens is 3. The van der Waals surface area contributed by atoms with Crippen LogP contribution in [0.4, 0.5) is 4.39 Å². The molecular weight excluding hydrogens is 351 g/mol. The number of aryl methyl sites for hydroxylation is 2. The van der Waals surface area contributed by atoms with Gasteiger partial charge in [-0.25, -0.2) is 13.9 Å². The molecule has 0 radical (unpaired) electrons. The molecule has 8 heteroatoms. The maximum atomic E-state index is 14.2. The molecule has 1 saturated heterocycles. The first-order valence-electron chi connectivity index (χ1n) is 9.02. The molecular formula is C18H21FN6S. The van der Waals surface area contributed by atoms with Gasteiger partial charge in [0, 0.05) is 23.9 Å². The van der Waals surface area contributed by atoms with Crippen LogP contribution in [0.3, 0.4) is 0 Å². The summed E-state index contributed by atoms with van der Waals surface area (Å²) in [7, 11) is 0. The number of rotatable bonds is 2. The SMILES string of the molecule is Cc1cn2nc(C3=CC4CN([C@@H]5CCNC[C@@H]5F)N=C4S3)cc(C)c2n1. The highest BCUT2D eigenvalue weighted by molar-refractivity contribution is 8.22. The molecule has 0 saturated carbocycles. The molecule has 5 rings (SSSR count). The second-order valence-electron chi connectivity index (χ2n) is 7.24. The summed E-state index contributed by atoms with van der Waals surface area (Å²) < 4.78 is 16.1. The van der Waals surface area contributed by atoms with Gasteiger partial charge in [-0.2, -0.15) is 10.2 Å². The maximum Gasteiger partial charge on any atom is 0.156 e. The zero-order valence-electron chi connectivity index (χ0n) is 14.8. The number of thioether (sulfide) groups is 1. The summed E-state index contributed by atoms with van der Waals surface area (Å²) in [5.74, 6) is 0.249. The number of imidazole rings is 1. The first-order chi connectivity index (χ1) is 12.6. The summed E-state index contributed by atoms with van der Waals surface area (Å²) in [4.78, 5) is 5.64. The summed E-state index contributed by atoms with van der Waals surface area (Å²) >= 11 is 1.66. The fraction of sp³-hybridized carbons (Fsp3) is 0.500. The largest absolute Gasteiger partial charge is 0.314 e. The van der Waals surface area contributed by atoms with Crippen LogP contribution in [-0.2, 0) is 0 Å². The summed E-state index contributed by atoms with van der Waals surface area (Å²) in [6.45, 7) is 6.09. The van der Waals surface area contributed by atoms with E-state index in [0.29, 0.717) is 6.54 Å². The number of alkyl halides is 1. The van der Waals surface area contributed by atoms with Crippen molar-refractivity contribution in [1.82, 2.24) is 24.9 Å². The Labute approximate surface area is 155 Å². The van der Waals surface area contributed by atoms with Crippen molar-refractivity contribution in [1.29, 1.82) is 0 Å². The molecule has 3 aliphatic rings. The lowest BCUT2D eigenvalue weighted by Gasteiger charge is -2.33. The smallest absolute Gasteiger partial charge is 0.156 e. The van der Waals surface area contributed by atoms with E-state index in [1.165, 1.54) is 0 Å². The van der Waals surface area contributed by atoms with E-state index >= 15 is 0 Å². The standard InChI is InChI=1S/C18H21FN6S/c1-10-5-14(22-25-8-11(2)21-17(10)25)16-6-12-9-24(23-18(12)26-16)15-3-4-20-7-13(15)19/h5-6,8,12-13,15,20H,3-4,7,9H2,1-2H3/t12?,13-,15+/m0/s1. The maximum absolute atomic E-state index is 14.2. The van der Waals surface area contributed by atoms with Gasteiger partial charge in [-0.05, 0) is 38.4 Å². The van der Waals surface area contributed by atoms with Gasteiger partial charge in [-0.15, -0.1) is 0 Å². The van der Waals surface area contributed by atoms with Crippen molar-refractivity contribution in [3.05, 3.63) is 35.3 Å². The minimum Gasteiger partial charge on any atom is -0.314 e. The zero-order chi connectivity index (χ0) is 17.8. The lowest BCUT2D eigenvalue weighted by atomic mass is 10.0. The molecule has 5 heterocycles. The van der Waals surface area contributed by atoms with Crippen LogP contribution in [0.15, 0.2) is 23.4 Å². The first kappa shape index (κ1) is 16.3. The third kappa shape index (κ3) is 2.63. The Morgan fingerprint density at radius 1 is 1.35 bits per heavy atom. The van der Waals surface area contributed by atoms with Crippen molar-refractivity contribution in [2.24, 2.45) is 11.0 Å². The second kappa shape index (κ2) is 6.06.